The highest BCUT2D eigenvalue weighted by Gasteiger charge is 2.29. The SMILES string of the molecule is CO[C@H]1CNCC1NC(=O)c1c[nH]c(=O)[nH]c1=O. The largest absolute Gasteiger partial charge is 0.378 e. The van der Waals surface area contributed by atoms with Gasteiger partial charge in [-0.2, -0.15) is 0 Å². The van der Waals surface area contributed by atoms with E-state index < -0.39 is 17.2 Å². The molecule has 8 heteroatoms. The maximum atomic E-state index is 11.9. The molecule has 2 atom stereocenters. The summed E-state index contributed by atoms with van der Waals surface area (Å²) in [5.41, 5.74) is -1.48. The van der Waals surface area contributed by atoms with Crippen molar-refractivity contribution in [1.29, 1.82) is 0 Å². The van der Waals surface area contributed by atoms with Gasteiger partial charge in [-0.05, 0) is 0 Å². The Kier molecular flexibility index (Phi) is 3.58. The number of amides is 1. The minimum atomic E-state index is -0.712. The number of aromatic nitrogens is 2. The zero-order valence-electron chi connectivity index (χ0n) is 9.78. The van der Waals surface area contributed by atoms with Gasteiger partial charge < -0.3 is 20.4 Å². The average Bonchev–Trinajstić information content (AvgIpc) is 2.76. The van der Waals surface area contributed by atoms with Gasteiger partial charge in [-0.1, -0.05) is 0 Å². The van der Waals surface area contributed by atoms with E-state index in [2.05, 4.69) is 15.6 Å². The minimum absolute atomic E-state index is 0.128. The van der Waals surface area contributed by atoms with E-state index in [4.69, 9.17) is 4.74 Å². The summed E-state index contributed by atoms with van der Waals surface area (Å²) in [6.07, 6.45) is 0.969. The van der Waals surface area contributed by atoms with E-state index in [1.54, 1.807) is 7.11 Å². The van der Waals surface area contributed by atoms with Crippen molar-refractivity contribution in [1.82, 2.24) is 20.6 Å². The predicted octanol–water partition coefficient (Wildman–Crippen LogP) is -2.22. The first kappa shape index (κ1) is 12.5. The van der Waals surface area contributed by atoms with Crippen LogP contribution in [0.3, 0.4) is 0 Å². The number of carbonyl (C=O) groups excluding carboxylic acids is 1. The average molecular weight is 254 g/mol. The van der Waals surface area contributed by atoms with Gasteiger partial charge in [0.15, 0.2) is 0 Å². The van der Waals surface area contributed by atoms with Crippen LogP contribution in [0.5, 0.6) is 0 Å². The lowest BCUT2D eigenvalue weighted by atomic mass is 10.2. The molecule has 0 radical (unpaired) electrons. The van der Waals surface area contributed by atoms with Crippen molar-refractivity contribution >= 4 is 5.91 Å². The van der Waals surface area contributed by atoms with Crippen LogP contribution in [-0.4, -0.2) is 48.2 Å². The molecule has 1 aliphatic heterocycles. The maximum Gasteiger partial charge on any atom is 0.325 e. The number of ether oxygens (including phenoxy) is 1. The van der Waals surface area contributed by atoms with Crippen LogP contribution in [0.15, 0.2) is 15.8 Å². The van der Waals surface area contributed by atoms with E-state index in [0.717, 1.165) is 6.20 Å². The van der Waals surface area contributed by atoms with Crippen molar-refractivity contribution in [3.8, 4) is 0 Å². The van der Waals surface area contributed by atoms with Gasteiger partial charge in [-0.15, -0.1) is 0 Å². The summed E-state index contributed by atoms with van der Waals surface area (Å²) in [7, 11) is 1.56. The van der Waals surface area contributed by atoms with E-state index in [9.17, 15) is 14.4 Å². The summed E-state index contributed by atoms with van der Waals surface area (Å²) in [6.45, 7) is 1.22. The third-order valence-corrected chi connectivity index (χ3v) is 2.84. The maximum absolute atomic E-state index is 11.9. The van der Waals surface area contributed by atoms with Gasteiger partial charge in [-0.3, -0.25) is 14.6 Å². The van der Waals surface area contributed by atoms with Crippen LogP contribution in [0, 0.1) is 0 Å². The first-order valence-corrected chi connectivity index (χ1v) is 5.48. The molecule has 1 aromatic rings. The molecule has 2 heterocycles. The smallest absolute Gasteiger partial charge is 0.325 e. The molecule has 1 unspecified atom stereocenters. The quantitative estimate of drug-likeness (QED) is 0.487. The van der Waals surface area contributed by atoms with Gasteiger partial charge in [0, 0.05) is 26.4 Å². The molecule has 1 aromatic heterocycles. The highest BCUT2D eigenvalue weighted by molar-refractivity contribution is 5.93. The molecule has 2 rings (SSSR count). The number of H-pyrrole nitrogens is 2. The second-order valence-corrected chi connectivity index (χ2v) is 4.00. The van der Waals surface area contributed by atoms with Gasteiger partial charge in [0.1, 0.15) is 5.56 Å². The molecule has 0 spiro atoms. The van der Waals surface area contributed by atoms with Crippen LogP contribution in [-0.2, 0) is 4.74 Å². The molecule has 1 fully saturated rings. The second-order valence-electron chi connectivity index (χ2n) is 4.00. The number of hydrogen-bond donors (Lipinski definition) is 4. The molecule has 0 aromatic carbocycles. The van der Waals surface area contributed by atoms with Crippen LogP contribution in [0.2, 0.25) is 0 Å². The molecular weight excluding hydrogens is 240 g/mol. The number of nitrogens with one attached hydrogen (secondary N) is 4. The van der Waals surface area contributed by atoms with Gasteiger partial charge >= 0.3 is 5.69 Å². The third kappa shape index (κ3) is 2.49. The summed E-state index contributed by atoms with van der Waals surface area (Å²) in [5.74, 6) is -0.539. The number of aromatic amines is 2. The van der Waals surface area contributed by atoms with Crippen LogP contribution in [0.1, 0.15) is 10.4 Å². The first-order chi connectivity index (χ1) is 8.61. The van der Waals surface area contributed by atoms with Gasteiger partial charge in [0.05, 0.1) is 12.1 Å². The zero-order valence-corrected chi connectivity index (χ0v) is 9.78. The van der Waals surface area contributed by atoms with Crippen LogP contribution in [0.4, 0.5) is 0 Å². The van der Waals surface area contributed by atoms with Crippen molar-refractivity contribution < 1.29 is 9.53 Å². The van der Waals surface area contributed by atoms with E-state index in [1.165, 1.54) is 0 Å². The zero-order chi connectivity index (χ0) is 13.1. The molecule has 4 N–H and O–H groups in total. The van der Waals surface area contributed by atoms with E-state index in [-0.39, 0.29) is 17.7 Å². The molecule has 0 bridgehead atoms. The fraction of sp³-hybridized carbons (Fsp3) is 0.500. The van der Waals surface area contributed by atoms with Crippen LogP contribution < -0.4 is 21.9 Å². The fourth-order valence-corrected chi connectivity index (χ4v) is 1.87. The molecule has 98 valence electrons. The lowest BCUT2D eigenvalue weighted by Crippen LogP contribution is -2.45. The standard InChI is InChI=1S/C10H14N4O4/c1-18-7-4-11-3-6(7)13-8(15)5-2-12-10(17)14-9(5)16/h2,6-7,11H,3-4H2,1H3,(H,13,15)(H2,12,14,16,17)/t6?,7-/m0/s1. The lowest BCUT2D eigenvalue weighted by Gasteiger charge is -2.18. The van der Waals surface area contributed by atoms with Crippen molar-refractivity contribution in [3.63, 3.8) is 0 Å². The van der Waals surface area contributed by atoms with Gasteiger partial charge in [-0.25, -0.2) is 4.79 Å². The Bertz CT molecular complexity index is 549. The van der Waals surface area contributed by atoms with Crippen LogP contribution in [0.25, 0.3) is 0 Å². The third-order valence-electron chi connectivity index (χ3n) is 2.84. The summed E-state index contributed by atoms with van der Waals surface area (Å²) in [4.78, 5) is 38.4. The Morgan fingerprint density at radius 2 is 2.22 bits per heavy atom. The van der Waals surface area contributed by atoms with Gasteiger partial charge in [0.2, 0.25) is 0 Å². The first-order valence-electron chi connectivity index (χ1n) is 5.48. The predicted molar refractivity (Wildman–Crippen MR) is 62.6 cm³/mol. The second kappa shape index (κ2) is 5.15. The van der Waals surface area contributed by atoms with E-state index >= 15 is 0 Å². The Balaban J connectivity index is 2.12. The van der Waals surface area contributed by atoms with E-state index in [0.29, 0.717) is 13.1 Å². The monoisotopic (exact) mass is 254 g/mol. The van der Waals surface area contributed by atoms with E-state index in [1.807, 2.05) is 4.98 Å². The minimum Gasteiger partial charge on any atom is -0.378 e. The summed E-state index contributed by atoms with van der Waals surface area (Å²) < 4.78 is 5.19. The topological polar surface area (TPSA) is 116 Å². The van der Waals surface area contributed by atoms with Crippen molar-refractivity contribution in [2.75, 3.05) is 20.2 Å². The molecule has 1 saturated heterocycles. The highest BCUT2D eigenvalue weighted by Crippen LogP contribution is 2.04. The fourth-order valence-electron chi connectivity index (χ4n) is 1.87. The Morgan fingerprint density at radius 1 is 1.44 bits per heavy atom. The molecule has 1 amide bonds. The van der Waals surface area contributed by atoms with Crippen molar-refractivity contribution in [2.45, 2.75) is 12.1 Å². The highest BCUT2D eigenvalue weighted by atomic mass is 16.5. The molecule has 18 heavy (non-hydrogen) atoms. The number of rotatable bonds is 3. The lowest BCUT2D eigenvalue weighted by molar-refractivity contribution is 0.0778. The van der Waals surface area contributed by atoms with Crippen molar-refractivity contribution in [2.24, 2.45) is 0 Å². The number of methoxy groups -OCH3 is 1. The number of carbonyl (C=O) groups is 1. The molecular formula is C10H14N4O4. The van der Waals surface area contributed by atoms with Crippen molar-refractivity contribution in [3.05, 3.63) is 32.6 Å². The summed E-state index contributed by atoms with van der Waals surface area (Å²) in [5, 5.41) is 5.76. The number of hydrogen-bond acceptors (Lipinski definition) is 5. The molecule has 0 aliphatic carbocycles. The molecule has 0 saturated carbocycles. The Hall–Kier alpha value is -1.93. The Morgan fingerprint density at radius 3 is 2.89 bits per heavy atom. The van der Waals surface area contributed by atoms with Gasteiger partial charge in [0.25, 0.3) is 11.5 Å². The summed E-state index contributed by atoms with van der Waals surface area (Å²) in [6, 6.07) is -0.200. The van der Waals surface area contributed by atoms with Crippen LogP contribution >= 0.6 is 0 Å². The summed E-state index contributed by atoms with van der Waals surface area (Å²) >= 11 is 0. The molecule has 8 nitrogen and oxygen atoms in total. The normalized spacial score (nSPS) is 22.9. The molecule has 1 aliphatic rings. The Labute approximate surface area is 102 Å².